The highest BCUT2D eigenvalue weighted by Crippen LogP contribution is 2.42. The molecule has 5 rings (SSSR count). The molecule has 0 saturated carbocycles. The van der Waals surface area contributed by atoms with Crippen LogP contribution in [0, 0.1) is 12.8 Å². The Kier molecular flexibility index (Phi) is 6.04. The van der Waals surface area contributed by atoms with Crippen LogP contribution >= 0.6 is 0 Å². The van der Waals surface area contributed by atoms with Crippen molar-refractivity contribution in [1.29, 1.82) is 0 Å². The molecule has 2 N–H and O–H groups in total. The fraction of sp³-hybridized carbons (Fsp3) is 0.231. The summed E-state index contributed by atoms with van der Waals surface area (Å²) in [6, 6.07) is 16.0. The number of hydroxylamine groups is 1. The molecule has 1 amide bonds. The van der Waals surface area contributed by atoms with Crippen LogP contribution < -0.4 is 14.5 Å². The molecule has 1 fully saturated rings. The molecule has 0 radical (unpaired) electrons. The minimum atomic E-state index is -3.76. The van der Waals surface area contributed by atoms with E-state index in [1.807, 2.05) is 37.3 Å². The van der Waals surface area contributed by atoms with Gasteiger partial charge in [-0.2, -0.15) is 0 Å². The molecule has 2 heterocycles. The topological polar surface area (TPSA) is 109 Å². The number of allylic oxidation sites excluding steroid dienone is 2. The monoisotopic (exact) mass is 491 g/mol. The summed E-state index contributed by atoms with van der Waals surface area (Å²) in [5, 5.41) is 9.29. The maximum atomic E-state index is 13.4. The number of nitrogens with one attached hydrogen (secondary N) is 1. The van der Waals surface area contributed by atoms with Gasteiger partial charge in [-0.05, 0) is 43.3 Å². The molecule has 2 unspecified atom stereocenters. The van der Waals surface area contributed by atoms with Crippen LogP contribution in [-0.4, -0.2) is 35.8 Å². The number of fused-ring (bicyclic) bond motifs is 2. The fourth-order valence-electron chi connectivity index (χ4n) is 4.88. The second-order valence-corrected chi connectivity index (χ2v) is 10.6. The summed E-state index contributed by atoms with van der Waals surface area (Å²) < 4.78 is 34.0. The molecule has 1 aliphatic carbocycles. The summed E-state index contributed by atoms with van der Waals surface area (Å²) in [6.07, 6.45) is 6.76. The van der Waals surface area contributed by atoms with Gasteiger partial charge in [-0.3, -0.25) is 19.3 Å². The number of hydrogen-bond acceptors (Lipinski definition) is 6. The number of nitrogens with zero attached hydrogens (tertiary/aromatic N) is 2. The summed E-state index contributed by atoms with van der Waals surface area (Å²) in [5.74, 6) is -0.453. The lowest BCUT2D eigenvalue weighted by Crippen LogP contribution is -2.38. The zero-order valence-corrected chi connectivity index (χ0v) is 19.9. The number of ether oxygens (including phenoxy) is 1. The first-order valence-electron chi connectivity index (χ1n) is 11.3. The molecule has 0 bridgehead atoms. The van der Waals surface area contributed by atoms with Crippen molar-refractivity contribution in [2.45, 2.75) is 31.2 Å². The lowest BCUT2D eigenvalue weighted by atomic mass is 9.90. The Morgan fingerprint density at radius 3 is 2.63 bits per heavy atom. The highest BCUT2D eigenvalue weighted by molar-refractivity contribution is 7.94. The van der Waals surface area contributed by atoms with Crippen LogP contribution in [0.4, 0.5) is 5.69 Å². The van der Waals surface area contributed by atoms with Gasteiger partial charge in [0.25, 0.3) is 0 Å². The van der Waals surface area contributed by atoms with Gasteiger partial charge < -0.3 is 4.74 Å². The molecular formula is C26H25N3O5S. The van der Waals surface area contributed by atoms with Gasteiger partial charge in [-0.1, -0.05) is 42.5 Å². The Labute approximate surface area is 203 Å². The maximum Gasteiger partial charge on any atom is 0.245 e. The van der Waals surface area contributed by atoms with Gasteiger partial charge >= 0.3 is 0 Å². The Hall–Kier alpha value is -3.69. The number of sulfonamides is 1. The molecular weight excluding hydrogens is 466 g/mol. The van der Waals surface area contributed by atoms with E-state index in [1.54, 1.807) is 54.0 Å². The van der Waals surface area contributed by atoms with Crippen molar-refractivity contribution in [2.24, 2.45) is 5.92 Å². The Bertz CT molecular complexity index is 1430. The summed E-state index contributed by atoms with van der Waals surface area (Å²) in [4.78, 5) is 16.5. The third kappa shape index (κ3) is 4.28. The van der Waals surface area contributed by atoms with E-state index in [4.69, 9.17) is 9.94 Å². The number of hydrogen-bond donors (Lipinski definition) is 2. The number of anilines is 1. The van der Waals surface area contributed by atoms with Crippen LogP contribution in [0.25, 0.3) is 10.9 Å². The first-order chi connectivity index (χ1) is 16.9. The van der Waals surface area contributed by atoms with Gasteiger partial charge in [0.1, 0.15) is 17.6 Å². The molecule has 3 atom stereocenters. The van der Waals surface area contributed by atoms with Crippen molar-refractivity contribution in [3.8, 4) is 5.75 Å². The minimum Gasteiger partial charge on any atom is -0.489 e. The molecule has 1 aromatic heterocycles. The van der Waals surface area contributed by atoms with Gasteiger partial charge in [0, 0.05) is 22.6 Å². The summed E-state index contributed by atoms with van der Waals surface area (Å²) >= 11 is 0. The molecule has 0 spiro atoms. The third-order valence-corrected chi connectivity index (χ3v) is 8.61. The zero-order valence-electron chi connectivity index (χ0n) is 19.0. The van der Waals surface area contributed by atoms with E-state index < -0.39 is 33.1 Å². The van der Waals surface area contributed by atoms with E-state index in [9.17, 15) is 13.2 Å². The van der Waals surface area contributed by atoms with Crippen molar-refractivity contribution >= 4 is 32.5 Å². The lowest BCUT2D eigenvalue weighted by Gasteiger charge is -2.26. The number of amides is 1. The van der Waals surface area contributed by atoms with Gasteiger partial charge in [0.2, 0.25) is 15.9 Å². The maximum absolute atomic E-state index is 13.4. The number of aromatic nitrogens is 1. The van der Waals surface area contributed by atoms with Crippen LogP contribution in [-0.2, 0) is 21.4 Å². The van der Waals surface area contributed by atoms with Crippen molar-refractivity contribution in [3.63, 3.8) is 0 Å². The Morgan fingerprint density at radius 1 is 1.11 bits per heavy atom. The number of benzene rings is 2. The summed E-state index contributed by atoms with van der Waals surface area (Å²) in [6.45, 7) is 2.28. The van der Waals surface area contributed by atoms with Crippen LogP contribution in [0.2, 0.25) is 0 Å². The molecule has 180 valence electrons. The van der Waals surface area contributed by atoms with Gasteiger partial charge in [0.05, 0.1) is 23.7 Å². The second-order valence-electron chi connectivity index (χ2n) is 8.68. The van der Waals surface area contributed by atoms with Gasteiger partial charge in [0.15, 0.2) is 0 Å². The molecule has 2 aliphatic rings. The van der Waals surface area contributed by atoms with Crippen molar-refractivity contribution in [2.75, 3.05) is 4.31 Å². The average Bonchev–Trinajstić information content (AvgIpc) is 3.09. The summed E-state index contributed by atoms with van der Waals surface area (Å²) in [5.41, 5.74) is 4.88. The average molecular weight is 492 g/mol. The predicted molar refractivity (Wildman–Crippen MR) is 133 cm³/mol. The second kappa shape index (κ2) is 9.16. The van der Waals surface area contributed by atoms with Crippen molar-refractivity contribution in [3.05, 3.63) is 90.2 Å². The fourth-order valence-corrected chi connectivity index (χ4v) is 7.11. The van der Waals surface area contributed by atoms with E-state index in [-0.39, 0.29) is 6.42 Å². The molecule has 1 saturated heterocycles. The zero-order chi connectivity index (χ0) is 24.6. The molecule has 2 aromatic carbocycles. The smallest absolute Gasteiger partial charge is 0.245 e. The van der Waals surface area contributed by atoms with Crippen LogP contribution in [0.5, 0.6) is 5.75 Å². The molecule has 8 nitrogen and oxygen atoms in total. The Balaban J connectivity index is 1.40. The number of carbonyl (C=O) groups excluding carboxylic acids is 1. The molecule has 9 heteroatoms. The Morgan fingerprint density at radius 2 is 1.86 bits per heavy atom. The molecule has 35 heavy (non-hydrogen) atoms. The van der Waals surface area contributed by atoms with Crippen LogP contribution in [0.3, 0.4) is 0 Å². The number of aryl methyl sites for hydroxylation is 1. The van der Waals surface area contributed by atoms with Crippen molar-refractivity contribution < 1.29 is 23.2 Å². The van der Waals surface area contributed by atoms with E-state index in [0.717, 1.165) is 22.2 Å². The van der Waals surface area contributed by atoms with E-state index in [0.29, 0.717) is 18.0 Å². The van der Waals surface area contributed by atoms with E-state index in [2.05, 4.69) is 4.98 Å². The standard InChI is InChI=1S/C26H25N3O5S/c1-17-14-18(21-6-2-4-8-23(21)27-17)16-34-20-12-10-19(11-13-20)29-24(15-26(30)28-31)22-7-3-5-9-25(22)35(29,32)33/h2-14,22,24-25,31H,15-16H2,1H3,(H,28,30)/t22?,24-,25?/m0/s1. The highest BCUT2D eigenvalue weighted by Gasteiger charge is 2.52. The number of carbonyl (C=O) groups is 1. The predicted octanol–water partition coefficient (Wildman–Crippen LogP) is 3.65. The normalized spacial score (nSPS) is 22.2. The van der Waals surface area contributed by atoms with Gasteiger partial charge in [-0.25, -0.2) is 13.9 Å². The van der Waals surface area contributed by atoms with Crippen molar-refractivity contribution in [1.82, 2.24) is 10.5 Å². The van der Waals surface area contributed by atoms with Crippen LogP contribution in [0.15, 0.2) is 78.9 Å². The quantitative estimate of drug-likeness (QED) is 0.403. The SMILES string of the molecule is Cc1cc(COc2ccc(N3[C@@H](CC(=O)NO)C4C=CC=CC4S3(=O)=O)cc2)c2ccccc2n1. The molecule has 3 aromatic rings. The first kappa shape index (κ1) is 23.1. The third-order valence-electron chi connectivity index (χ3n) is 6.42. The largest absolute Gasteiger partial charge is 0.489 e. The van der Waals surface area contributed by atoms with Gasteiger partial charge in [-0.15, -0.1) is 0 Å². The summed E-state index contributed by atoms with van der Waals surface area (Å²) in [7, 11) is -3.76. The first-order valence-corrected chi connectivity index (χ1v) is 12.8. The minimum absolute atomic E-state index is 0.165. The number of para-hydroxylation sites is 1. The van der Waals surface area contributed by atoms with E-state index >= 15 is 0 Å². The molecule has 1 aliphatic heterocycles. The lowest BCUT2D eigenvalue weighted by molar-refractivity contribution is -0.129. The van der Waals surface area contributed by atoms with E-state index in [1.165, 1.54) is 4.31 Å². The van der Waals surface area contributed by atoms with Crippen LogP contribution in [0.1, 0.15) is 17.7 Å². The number of rotatable bonds is 6. The number of pyridine rings is 1. The highest BCUT2D eigenvalue weighted by atomic mass is 32.2.